The van der Waals surface area contributed by atoms with Gasteiger partial charge >= 0.3 is 0 Å². The van der Waals surface area contributed by atoms with Crippen LogP contribution in [-0.2, 0) is 13.5 Å². The molecule has 37 heavy (non-hydrogen) atoms. The van der Waals surface area contributed by atoms with Gasteiger partial charge in [-0.25, -0.2) is 0 Å². The number of halogens is 1. The molecule has 0 aliphatic heterocycles. The average molecular weight is 515 g/mol. The Bertz CT molecular complexity index is 1720. The lowest BCUT2D eigenvalue weighted by molar-refractivity contribution is 0.0983. The van der Waals surface area contributed by atoms with Gasteiger partial charge in [-0.15, -0.1) is 0 Å². The van der Waals surface area contributed by atoms with Gasteiger partial charge in [0.15, 0.2) is 5.69 Å². The molecule has 0 saturated carbocycles. The highest BCUT2D eigenvalue weighted by molar-refractivity contribution is 6.32. The van der Waals surface area contributed by atoms with Crippen LogP contribution in [0.3, 0.4) is 0 Å². The number of hydrogen-bond donors (Lipinski definition) is 0. The second-order valence-corrected chi connectivity index (χ2v) is 9.12. The van der Waals surface area contributed by atoms with Crippen molar-refractivity contribution in [2.24, 2.45) is 7.05 Å². The topological polar surface area (TPSA) is 69.4 Å². The van der Waals surface area contributed by atoms with Crippen LogP contribution in [0, 0.1) is 0 Å². The van der Waals surface area contributed by atoms with E-state index in [-0.39, 0.29) is 17.2 Å². The summed E-state index contributed by atoms with van der Waals surface area (Å²) in [7, 11) is 3.35. The Labute approximate surface area is 219 Å². The molecule has 5 aromatic rings. The Balaban J connectivity index is 1.84. The van der Waals surface area contributed by atoms with Crippen molar-refractivity contribution in [2.75, 3.05) is 18.6 Å². The van der Waals surface area contributed by atoms with Crippen molar-refractivity contribution in [2.45, 2.75) is 20.3 Å². The first-order chi connectivity index (χ1) is 17.9. The Kier molecular flexibility index (Phi) is 6.48. The van der Waals surface area contributed by atoms with Gasteiger partial charge < -0.3 is 14.2 Å². The molecule has 188 valence electrons. The van der Waals surface area contributed by atoms with E-state index in [2.05, 4.69) is 12.0 Å². The number of anilines is 1. The third-order valence-corrected chi connectivity index (χ3v) is 7.04. The maximum atomic E-state index is 14.3. The number of fused-ring (bicyclic) bond motifs is 3. The highest BCUT2D eigenvalue weighted by atomic mass is 35.5. The van der Waals surface area contributed by atoms with Crippen LogP contribution < -0.4 is 15.2 Å². The number of carbonyl (C=O) groups is 1. The van der Waals surface area contributed by atoms with Crippen LogP contribution in [0.2, 0.25) is 5.02 Å². The van der Waals surface area contributed by atoms with Gasteiger partial charge in [-0.2, -0.15) is 9.78 Å². The number of hydrogen-bond acceptors (Lipinski definition) is 4. The normalized spacial score (nSPS) is 11.3. The van der Waals surface area contributed by atoms with E-state index in [9.17, 15) is 9.59 Å². The maximum Gasteiger partial charge on any atom is 0.296 e. The van der Waals surface area contributed by atoms with Crippen LogP contribution in [0.25, 0.3) is 27.5 Å². The van der Waals surface area contributed by atoms with E-state index in [0.717, 1.165) is 28.6 Å². The summed E-state index contributed by atoms with van der Waals surface area (Å²) in [4.78, 5) is 29.8. The first-order valence-corrected chi connectivity index (χ1v) is 12.5. The van der Waals surface area contributed by atoms with Gasteiger partial charge in [0.25, 0.3) is 11.5 Å². The number of aryl methyl sites for hydroxylation is 2. The number of carbonyl (C=O) groups excluding carboxylic acids is 1. The van der Waals surface area contributed by atoms with Crippen LogP contribution in [0.4, 0.5) is 5.69 Å². The SMILES string of the molecule is CCc1ccccc1N(CC)C(=O)c1nn(-c2ccc(OC)c(Cl)c2)c(=O)c2c1c1ccccc1n2C. The van der Waals surface area contributed by atoms with Crippen molar-refractivity contribution in [1.29, 1.82) is 0 Å². The van der Waals surface area contributed by atoms with Crippen molar-refractivity contribution in [1.82, 2.24) is 14.3 Å². The highest BCUT2D eigenvalue weighted by Crippen LogP contribution is 2.32. The largest absolute Gasteiger partial charge is 0.495 e. The van der Waals surface area contributed by atoms with Crippen molar-refractivity contribution in [3.63, 3.8) is 0 Å². The molecular weight excluding hydrogens is 488 g/mol. The van der Waals surface area contributed by atoms with E-state index in [0.29, 0.717) is 33.9 Å². The summed E-state index contributed by atoms with van der Waals surface area (Å²) < 4.78 is 8.34. The van der Waals surface area contributed by atoms with E-state index in [1.54, 1.807) is 23.1 Å². The Hall–Kier alpha value is -4.10. The monoisotopic (exact) mass is 514 g/mol. The third kappa shape index (κ3) is 3.96. The smallest absolute Gasteiger partial charge is 0.296 e. The predicted molar refractivity (Wildman–Crippen MR) is 149 cm³/mol. The molecule has 3 aromatic carbocycles. The molecule has 0 fully saturated rings. The summed E-state index contributed by atoms with van der Waals surface area (Å²) in [5.74, 6) is 0.201. The van der Waals surface area contributed by atoms with Gasteiger partial charge in [0.1, 0.15) is 11.3 Å². The van der Waals surface area contributed by atoms with Crippen LogP contribution in [-0.4, -0.2) is 33.9 Å². The zero-order valence-corrected chi connectivity index (χ0v) is 21.9. The summed E-state index contributed by atoms with van der Waals surface area (Å²) in [5.41, 5.74) is 3.42. The molecule has 0 spiro atoms. The minimum absolute atomic E-state index is 0.200. The molecule has 0 radical (unpaired) electrons. The number of nitrogens with zero attached hydrogens (tertiary/aromatic N) is 4. The molecule has 1 amide bonds. The molecule has 2 aromatic heterocycles. The summed E-state index contributed by atoms with van der Waals surface area (Å²) >= 11 is 6.39. The van der Waals surface area contributed by atoms with Crippen molar-refractivity contribution < 1.29 is 9.53 Å². The summed E-state index contributed by atoms with van der Waals surface area (Å²) in [6.45, 7) is 4.44. The predicted octanol–water partition coefficient (Wildman–Crippen LogP) is 5.77. The van der Waals surface area contributed by atoms with Crippen LogP contribution in [0.1, 0.15) is 29.9 Å². The van der Waals surface area contributed by atoms with Crippen LogP contribution >= 0.6 is 11.6 Å². The van der Waals surface area contributed by atoms with Gasteiger partial charge in [-0.05, 0) is 49.2 Å². The lowest BCUT2D eigenvalue weighted by Crippen LogP contribution is -2.35. The summed E-state index contributed by atoms with van der Waals surface area (Å²) in [6, 6.07) is 20.5. The molecule has 8 heteroatoms. The maximum absolute atomic E-state index is 14.3. The first-order valence-electron chi connectivity index (χ1n) is 12.1. The minimum atomic E-state index is -0.344. The Morgan fingerprint density at radius 1 is 1.05 bits per heavy atom. The molecule has 0 saturated heterocycles. The van der Waals surface area contributed by atoms with Gasteiger partial charge in [0.05, 0.1) is 17.8 Å². The number of para-hydroxylation sites is 2. The van der Waals surface area contributed by atoms with Gasteiger partial charge in [0.2, 0.25) is 0 Å². The highest BCUT2D eigenvalue weighted by Gasteiger charge is 2.27. The number of rotatable bonds is 6. The molecule has 0 aliphatic rings. The van der Waals surface area contributed by atoms with E-state index >= 15 is 0 Å². The average Bonchev–Trinajstić information content (AvgIpc) is 3.22. The van der Waals surface area contributed by atoms with Crippen LogP contribution in [0.5, 0.6) is 5.75 Å². The number of benzene rings is 3. The molecule has 0 atom stereocenters. The van der Waals surface area contributed by atoms with Gasteiger partial charge in [0, 0.05) is 35.6 Å². The molecule has 5 rings (SSSR count). The van der Waals surface area contributed by atoms with E-state index in [4.69, 9.17) is 16.3 Å². The van der Waals surface area contributed by atoms with Crippen molar-refractivity contribution >= 4 is 45.0 Å². The minimum Gasteiger partial charge on any atom is -0.495 e. The second kappa shape index (κ2) is 9.75. The van der Waals surface area contributed by atoms with Gasteiger partial charge in [-0.1, -0.05) is 54.9 Å². The lowest BCUT2D eigenvalue weighted by Gasteiger charge is -2.24. The van der Waals surface area contributed by atoms with Crippen LogP contribution in [0.15, 0.2) is 71.5 Å². The number of amides is 1. The molecule has 7 nitrogen and oxygen atoms in total. The first kappa shape index (κ1) is 24.6. The zero-order chi connectivity index (χ0) is 26.3. The van der Waals surface area contributed by atoms with E-state index in [1.165, 1.54) is 11.8 Å². The summed E-state index contributed by atoms with van der Waals surface area (Å²) in [6.07, 6.45) is 0.779. The number of ether oxygens (including phenoxy) is 1. The van der Waals surface area contributed by atoms with E-state index in [1.807, 2.05) is 67.1 Å². The zero-order valence-electron chi connectivity index (χ0n) is 21.2. The Morgan fingerprint density at radius 2 is 1.78 bits per heavy atom. The lowest BCUT2D eigenvalue weighted by atomic mass is 10.1. The van der Waals surface area contributed by atoms with Crippen molar-refractivity contribution in [3.8, 4) is 11.4 Å². The quantitative estimate of drug-likeness (QED) is 0.288. The molecule has 0 unspecified atom stereocenters. The van der Waals surface area contributed by atoms with E-state index < -0.39 is 0 Å². The fourth-order valence-electron chi connectivity index (χ4n) is 4.92. The third-order valence-electron chi connectivity index (χ3n) is 6.75. The van der Waals surface area contributed by atoms with Crippen molar-refractivity contribution in [3.05, 3.63) is 93.4 Å². The molecule has 0 N–H and O–H groups in total. The fourth-order valence-corrected chi connectivity index (χ4v) is 5.17. The fraction of sp³-hybridized carbons (Fsp3) is 0.207. The Morgan fingerprint density at radius 3 is 2.49 bits per heavy atom. The standard InChI is InChI=1S/C29H27ClN4O3/c1-5-18-11-7-9-13-22(18)33(6-2)28(35)26-25-20-12-8-10-14-23(20)32(3)27(25)29(36)34(31-26)19-15-16-24(37-4)21(30)17-19/h7-17H,5-6H2,1-4H3. The van der Waals surface area contributed by atoms with Gasteiger partial charge in [-0.3, -0.25) is 9.59 Å². The molecule has 2 heterocycles. The summed E-state index contributed by atoms with van der Waals surface area (Å²) in [5, 5.41) is 6.36. The molecular formula is C29H27ClN4O3. The molecule has 0 aliphatic carbocycles. The number of aromatic nitrogens is 3. The second-order valence-electron chi connectivity index (χ2n) is 8.72. The molecule has 0 bridgehead atoms. The number of methoxy groups -OCH3 is 1.